The van der Waals surface area contributed by atoms with Crippen molar-refractivity contribution in [3.63, 3.8) is 0 Å². The van der Waals surface area contributed by atoms with Crippen molar-refractivity contribution in [2.75, 3.05) is 26.2 Å². The highest BCUT2D eigenvalue weighted by molar-refractivity contribution is 5.69. The molecule has 3 heterocycles. The number of carboxylic acid groups (broad SMARTS) is 1. The standard InChI is InChI=1S/C9H16N2O2/c12-9(13)5-10-8-6-11-3-1-7(8)2-4-11/h7-8,10H,1-6H2,(H,12,13). The van der Waals surface area contributed by atoms with Crippen LogP contribution < -0.4 is 5.32 Å². The third kappa shape index (κ3) is 2.00. The second-order valence-corrected chi connectivity index (χ2v) is 4.02. The summed E-state index contributed by atoms with van der Waals surface area (Å²) < 4.78 is 0. The molecule has 2 bridgehead atoms. The van der Waals surface area contributed by atoms with Gasteiger partial charge in [-0.3, -0.25) is 4.79 Å². The van der Waals surface area contributed by atoms with Gasteiger partial charge in [-0.25, -0.2) is 0 Å². The van der Waals surface area contributed by atoms with E-state index in [4.69, 9.17) is 5.11 Å². The molecular formula is C9H16N2O2. The third-order valence-corrected chi connectivity index (χ3v) is 3.17. The van der Waals surface area contributed by atoms with Gasteiger partial charge in [0.1, 0.15) is 0 Å². The first-order valence-corrected chi connectivity index (χ1v) is 4.93. The lowest BCUT2D eigenvalue weighted by molar-refractivity contribution is -0.136. The predicted octanol–water partition coefficient (Wildman–Crippen LogP) is -0.245. The third-order valence-electron chi connectivity index (χ3n) is 3.17. The summed E-state index contributed by atoms with van der Waals surface area (Å²) in [7, 11) is 0. The summed E-state index contributed by atoms with van der Waals surface area (Å²) in [4.78, 5) is 12.8. The zero-order valence-electron chi connectivity index (χ0n) is 7.70. The Morgan fingerprint density at radius 3 is 2.62 bits per heavy atom. The highest BCUT2D eigenvalue weighted by atomic mass is 16.4. The maximum atomic E-state index is 10.4. The number of hydrogen-bond donors (Lipinski definition) is 2. The number of carboxylic acids is 1. The SMILES string of the molecule is O=C(O)CNC1CN2CCC1CC2. The van der Waals surface area contributed by atoms with Crippen molar-refractivity contribution in [1.82, 2.24) is 10.2 Å². The van der Waals surface area contributed by atoms with Crippen molar-refractivity contribution in [1.29, 1.82) is 0 Å². The molecule has 0 aromatic heterocycles. The van der Waals surface area contributed by atoms with Gasteiger partial charge in [-0.15, -0.1) is 0 Å². The molecule has 4 heteroatoms. The molecule has 0 saturated carbocycles. The van der Waals surface area contributed by atoms with E-state index in [2.05, 4.69) is 10.2 Å². The van der Waals surface area contributed by atoms with Gasteiger partial charge >= 0.3 is 5.97 Å². The van der Waals surface area contributed by atoms with Crippen LogP contribution >= 0.6 is 0 Å². The molecule has 13 heavy (non-hydrogen) atoms. The van der Waals surface area contributed by atoms with Crippen molar-refractivity contribution in [2.45, 2.75) is 18.9 Å². The van der Waals surface area contributed by atoms with E-state index in [-0.39, 0.29) is 6.54 Å². The van der Waals surface area contributed by atoms with Gasteiger partial charge < -0.3 is 15.3 Å². The Labute approximate surface area is 77.9 Å². The molecule has 0 aromatic carbocycles. The summed E-state index contributed by atoms with van der Waals surface area (Å²) in [5.41, 5.74) is 0. The monoisotopic (exact) mass is 184 g/mol. The second-order valence-electron chi connectivity index (χ2n) is 4.02. The Balaban J connectivity index is 1.83. The van der Waals surface area contributed by atoms with Crippen LogP contribution in [0, 0.1) is 5.92 Å². The molecular weight excluding hydrogens is 168 g/mol. The summed E-state index contributed by atoms with van der Waals surface area (Å²) >= 11 is 0. The number of rotatable bonds is 3. The highest BCUT2D eigenvalue weighted by Crippen LogP contribution is 2.27. The average Bonchev–Trinajstić information content (AvgIpc) is 2.17. The van der Waals surface area contributed by atoms with Gasteiger partial charge in [0.15, 0.2) is 0 Å². The molecule has 2 N–H and O–H groups in total. The van der Waals surface area contributed by atoms with E-state index in [0.29, 0.717) is 12.0 Å². The maximum Gasteiger partial charge on any atom is 0.317 e. The second kappa shape index (κ2) is 3.64. The van der Waals surface area contributed by atoms with Gasteiger partial charge in [0, 0.05) is 12.6 Å². The van der Waals surface area contributed by atoms with Crippen LogP contribution in [0.1, 0.15) is 12.8 Å². The fourth-order valence-electron chi connectivity index (χ4n) is 2.41. The lowest BCUT2D eigenvalue weighted by Crippen LogP contribution is -2.56. The largest absolute Gasteiger partial charge is 0.480 e. The van der Waals surface area contributed by atoms with E-state index >= 15 is 0 Å². The highest BCUT2D eigenvalue weighted by Gasteiger charge is 2.33. The van der Waals surface area contributed by atoms with E-state index in [0.717, 1.165) is 6.54 Å². The van der Waals surface area contributed by atoms with Crippen LogP contribution in [-0.2, 0) is 4.79 Å². The average molecular weight is 184 g/mol. The van der Waals surface area contributed by atoms with E-state index in [1.54, 1.807) is 0 Å². The van der Waals surface area contributed by atoms with Crippen molar-refractivity contribution < 1.29 is 9.90 Å². The van der Waals surface area contributed by atoms with Crippen LogP contribution in [0.4, 0.5) is 0 Å². The lowest BCUT2D eigenvalue weighted by atomic mass is 9.84. The minimum atomic E-state index is -0.753. The number of hydrogen-bond acceptors (Lipinski definition) is 3. The van der Waals surface area contributed by atoms with Crippen LogP contribution in [0.2, 0.25) is 0 Å². The normalized spacial score (nSPS) is 37.7. The number of piperidine rings is 3. The van der Waals surface area contributed by atoms with Gasteiger partial charge in [0.05, 0.1) is 6.54 Å². The molecule has 3 aliphatic heterocycles. The Bertz CT molecular complexity index is 200. The van der Waals surface area contributed by atoms with Crippen LogP contribution in [0.3, 0.4) is 0 Å². The number of nitrogens with one attached hydrogen (secondary N) is 1. The summed E-state index contributed by atoms with van der Waals surface area (Å²) in [5, 5.41) is 11.6. The van der Waals surface area contributed by atoms with E-state index in [9.17, 15) is 4.79 Å². The van der Waals surface area contributed by atoms with Gasteiger partial charge in [0.25, 0.3) is 0 Å². The first-order valence-electron chi connectivity index (χ1n) is 4.93. The lowest BCUT2D eigenvalue weighted by Gasteiger charge is -2.44. The maximum absolute atomic E-state index is 10.4. The number of carbonyl (C=O) groups is 1. The van der Waals surface area contributed by atoms with Gasteiger partial charge in [-0.1, -0.05) is 0 Å². The van der Waals surface area contributed by atoms with Crippen LogP contribution in [0.5, 0.6) is 0 Å². The van der Waals surface area contributed by atoms with Crippen molar-refractivity contribution in [3.8, 4) is 0 Å². The predicted molar refractivity (Wildman–Crippen MR) is 48.6 cm³/mol. The van der Waals surface area contributed by atoms with Crippen molar-refractivity contribution >= 4 is 5.97 Å². The molecule has 0 aliphatic carbocycles. The van der Waals surface area contributed by atoms with Crippen molar-refractivity contribution in [2.24, 2.45) is 5.92 Å². The molecule has 1 atom stereocenters. The van der Waals surface area contributed by atoms with E-state index in [1.165, 1.54) is 25.9 Å². The Kier molecular flexibility index (Phi) is 2.51. The molecule has 3 fully saturated rings. The Morgan fingerprint density at radius 1 is 1.46 bits per heavy atom. The summed E-state index contributed by atoms with van der Waals surface area (Å²) in [6.07, 6.45) is 2.47. The number of nitrogens with zero attached hydrogens (tertiary/aromatic N) is 1. The zero-order valence-corrected chi connectivity index (χ0v) is 7.70. The van der Waals surface area contributed by atoms with Crippen molar-refractivity contribution in [3.05, 3.63) is 0 Å². The van der Waals surface area contributed by atoms with Crippen LogP contribution in [-0.4, -0.2) is 48.2 Å². The van der Waals surface area contributed by atoms with E-state index < -0.39 is 5.97 Å². The summed E-state index contributed by atoms with van der Waals surface area (Å²) in [6, 6.07) is 0.415. The first kappa shape index (κ1) is 8.97. The molecule has 0 amide bonds. The summed E-state index contributed by atoms with van der Waals surface area (Å²) in [6.45, 7) is 3.55. The van der Waals surface area contributed by atoms with E-state index in [1.807, 2.05) is 0 Å². The quantitative estimate of drug-likeness (QED) is 0.635. The molecule has 0 radical (unpaired) electrons. The minimum absolute atomic E-state index is 0.106. The molecule has 0 aromatic rings. The summed E-state index contributed by atoms with van der Waals surface area (Å²) in [5.74, 6) is -0.0409. The Morgan fingerprint density at radius 2 is 2.15 bits per heavy atom. The minimum Gasteiger partial charge on any atom is -0.480 e. The molecule has 3 aliphatic rings. The fourth-order valence-corrected chi connectivity index (χ4v) is 2.41. The van der Waals surface area contributed by atoms with Crippen LogP contribution in [0.25, 0.3) is 0 Å². The van der Waals surface area contributed by atoms with Crippen LogP contribution in [0.15, 0.2) is 0 Å². The zero-order chi connectivity index (χ0) is 9.26. The Hall–Kier alpha value is -0.610. The van der Waals surface area contributed by atoms with Gasteiger partial charge in [0.2, 0.25) is 0 Å². The first-order chi connectivity index (χ1) is 6.25. The number of aliphatic carboxylic acids is 1. The fraction of sp³-hybridized carbons (Fsp3) is 0.889. The smallest absolute Gasteiger partial charge is 0.317 e. The van der Waals surface area contributed by atoms with Gasteiger partial charge in [-0.05, 0) is 31.8 Å². The molecule has 4 nitrogen and oxygen atoms in total. The van der Waals surface area contributed by atoms with Gasteiger partial charge in [-0.2, -0.15) is 0 Å². The topological polar surface area (TPSA) is 52.6 Å². The number of fused-ring (bicyclic) bond motifs is 3. The molecule has 1 unspecified atom stereocenters. The molecule has 0 spiro atoms. The molecule has 3 rings (SSSR count). The molecule has 3 saturated heterocycles. The molecule has 74 valence electrons.